The van der Waals surface area contributed by atoms with E-state index in [1.54, 1.807) is 18.2 Å². The van der Waals surface area contributed by atoms with Crippen LogP contribution in [0.4, 0.5) is 0 Å². The number of benzene rings is 2. The van der Waals surface area contributed by atoms with Gasteiger partial charge in [-0.25, -0.2) is 0 Å². The molecule has 1 N–H and O–H groups in total. The van der Waals surface area contributed by atoms with Crippen molar-refractivity contribution in [2.75, 3.05) is 0 Å². The van der Waals surface area contributed by atoms with E-state index in [4.69, 9.17) is 23.2 Å². The Balaban J connectivity index is 1.75. The summed E-state index contributed by atoms with van der Waals surface area (Å²) >= 11 is 12.2. The van der Waals surface area contributed by atoms with E-state index in [2.05, 4.69) is 5.32 Å². The molecule has 140 valence electrons. The van der Waals surface area contributed by atoms with Crippen molar-refractivity contribution in [2.45, 2.75) is 13.1 Å². The highest BCUT2D eigenvalue weighted by molar-refractivity contribution is 6.35. The minimum absolute atomic E-state index is 0.0399. The van der Waals surface area contributed by atoms with Crippen LogP contribution in [-0.4, -0.2) is 10.5 Å². The topological polar surface area (TPSA) is 57.8 Å². The lowest BCUT2D eigenvalue weighted by atomic mass is 10.2. The van der Waals surface area contributed by atoms with E-state index < -0.39 is 5.91 Å². The molecule has 0 radical (unpaired) electrons. The Labute approximate surface area is 173 Å². The van der Waals surface area contributed by atoms with E-state index in [1.165, 1.54) is 0 Å². The number of nitrogens with zero attached hydrogens (tertiary/aromatic N) is 2. The SMILES string of the molecule is N#C/C(=C\c1cccn1Cc1ccc(Cl)cc1Cl)C(=O)NCc1ccccc1. The van der Waals surface area contributed by atoms with Gasteiger partial charge in [-0.1, -0.05) is 59.6 Å². The molecule has 3 aromatic rings. The third-order valence-corrected chi connectivity index (χ3v) is 4.76. The molecule has 0 aliphatic carbocycles. The molecule has 0 bridgehead atoms. The third-order valence-electron chi connectivity index (χ3n) is 4.17. The van der Waals surface area contributed by atoms with Gasteiger partial charge in [-0.2, -0.15) is 5.26 Å². The maximum Gasteiger partial charge on any atom is 0.262 e. The lowest BCUT2D eigenvalue weighted by molar-refractivity contribution is -0.117. The Morgan fingerprint density at radius 2 is 1.89 bits per heavy atom. The maximum atomic E-state index is 12.4. The number of amides is 1. The Kier molecular flexibility index (Phi) is 6.54. The van der Waals surface area contributed by atoms with Gasteiger partial charge in [0.05, 0.1) is 0 Å². The standard InChI is InChI=1S/C22H17Cl2N3O/c23-19-9-8-17(21(24)12-19)15-27-10-4-7-20(27)11-18(13-25)22(28)26-14-16-5-2-1-3-6-16/h1-12H,14-15H2,(H,26,28)/b18-11+. The van der Waals surface area contributed by atoms with Crippen LogP contribution in [0.25, 0.3) is 6.08 Å². The average molecular weight is 410 g/mol. The van der Waals surface area contributed by atoms with Gasteiger partial charge in [0.15, 0.2) is 0 Å². The normalized spacial score (nSPS) is 11.1. The Morgan fingerprint density at radius 3 is 2.61 bits per heavy atom. The smallest absolute Gasteiger partial charge is 0.262 e. The van der Waals surface area contributed by atoms with Crippen molar-refractivity contribution in [3.63, 3.8) is 0 Å². The zero-order valence-electron chi connectivity index (χ0n) is 14.9. The van der Waals surface area contributed by atoms with Gasteiger partial charge < -0.3 is 9.88 Å². The Bertz CT molecular complexity index is 1050. The number of hydrogen-bond donors (Lipinski definition) is 1. The van der Waals surface area contributed by atoms with E-state index in [-0.39, 0.29) is 5.57 Å². The largest absolute Gasteiger partial charge is 0.347 e. The van der Waals surface area contributed by atoms with E-state index in [9.17, 15) is 10.1 Å². The first-order valence-corrected chi connectivity index (χ1v) is 9.35. The second-order valence-electron chi connectivity index (χ2n) is 6.13. The summed E-state index contributed by atoms with van der Waals surface area (Å²) in [6.45, 7) is 0.860. The van der Waals surface area contributed by atoms with Gasteiger partial charge in [0.25, 0.3) is 5.91 Å². The molecule has 0 saturated heterocycles. The molecule has 2 aromatic carbocycles. The number of nitrogens with one attached hydrogen (secondary N) is 1. The molecule has 1 aromatic heterocycles. The maximum absolute atomic E-state index is 12.4. The molecule has 1 amide bonds. The van der Waals surface area contributed by atoms with Crippen molar-refractivity contribution in [1.29, 1.82) is 5.26 Å². The molecule has 0 unspecified atom stereocenters. The summed E-state index contributed by atoms with van der Waals surface area (Å²) in [6, 6.07) is 20.5. The lowest BCUT2D eigenvalue weighted by Gasteiger charge is -2.10. The highest BCUT2D eigenvalue weighted by atomic mass is 35.5. The second kappa shape index (κ2) is 9.27. The number of aromatic nitrogens is 1. The third kappa shape index (κ3) is 5.04. The molecule has 1 heterocycles. The molecule has 0 fully saturated rings. The fourth-order valence-electron chi connectivity index (χ4n) is 2.71. The number of rotatable bonds is 6. The Morgan fingerprint density at radius 1 is 1.11 bits per heavy atom. The van der Waals surface area contributed by atoms with Gasteiger partial charge in [-0.3, -0.25) is 4.79 Å². The lowest BCUT2D eigenvalue weighted by Crippen LogP contribution is -2.24. The predicted molar refractivity (Wildman–Crippen MR) is 112 cm³/mol. The average Bonchev–Trinajstić information content (AvgIpc) is 3.14. The molecule has 0 aliphatic heterocycles. The second-order valence-corrected chi connectivity index (χ2v) is 6.98. The van der Waals surface area contributed by atoms with Crippen LogP contribution in [0.2, 0.25) is 10.0 Å². The van der Waals surface area contributed by atoms with Crippen LogP contribution in [0, 0.1) is 11.3 Å². The first-order valence-electron chi connectivity index (χ1n) is 8.60. The monoisotopic (exact) mass is 409 g/mol. The van der Waals surface area contributed by atoms with Crippen LogP contribution >= 0.6 is 23.2 Å². The highest BCUT2D eigenvalue weighted by Crippen LogP contribution is 2.23. The predicted octanol–water partition coefficient (Wildman–Crippen LogP) is 5.07. The molecule has 6 heteroatoms. The zero-order chi connectivity index (χ0) is 19.9. The number of halogens is 2. The van der Waals surface area contributed by atoms with Crippen LogP contribution in [0.3, 0.4) is 0 Å². The minimum atomic E-state index is -0.413. The van der Waals surface area contributed by atoms with Gasteiger partial charge in [0.1, 0.15) is 11.6 Å². The first kappa shape index (κ1) is 19.8. The summed E-state index contributed by atoms with van der Waals surface area (Å²) in [4.78, 5) is 12.4. The number of carbonyl (C=O) groups is 1. The summed E-state index contributed by atoms with van der Waals surface area (Å²) in [5.41, 5.74) is 2.63. The summed E-state index contributed by atoms with van der Waals surface area (Å²) in [7, 11) is 0. The summed E-state index contributed by atoms with van der Waals surface area (Å²) in [5, 5.41) is 13.3. The molecule has 4 nitrogen and oxygen atoms in total. The summed E-state index contributed by atoms with van der Waals surface area (Å²) in [6.07, 6.45) is 3.44. The van der Waals surface area contributed by atoms with Gasteiger partial charge >= 0.3 is 0 Å². The number of hydrogen-bond acceptors (Lipinski definition) is 2. The Hall–Kier alpha value is -3.00. The fourth-order valence-corrected chi connectivity index (χ4v) is 3.17. The van der Waals surface area contributed by atoms with Crippen LogP contribution in [0.1, 0.15) is 16.8 Å². The molecule has 0 aliphatic rings. The minimum Gasteiger partial charge on any atom is -0.347 e. The van der Waals surface area contributed by atoms with Crippen molar-refractivity contribution < 1.29 is 4.79 Å². The van der Waals surface area contributed by atoms with Crippen LogP contribution < -0.4 is 5.32 Å². The molecule has 0 saturated carbocycles. The van der Waals surface area contributed by atoms with Crippen molar-refractivity contribution in [1.82, 2.24) is 9.88 Å². The van der Waals surface area contributed by atoms with Gasteiger partial charge in [-0.05, 0) is 41.5 Å². The molecule has 3 rings (SSSR count). The van der Waals surface area contributed by atoms with Crippen molar-refractivity contribution in [3.8, 4) is 6.07 Å². The van der Waals surface area contributed by atoms with Crippen molar-refractivity contribution in [3.05, 3.63) is 99.3 Å². The van der Waals surface area contributed by atoms with Gasteiger partial charge in [-0.15, -0.1) is 0 Å². The summed E-state index contributed by atoms with van der Waals surface area (Å²) in [5.74, 6) is -0.413. The van der Waals surface area contributed by atoms with E-state index in [0.717, 1.165) is 16.8 Å². The quantitative estimate of drug-likeness (QED) is 0.456. The molecular weight excluding hydrogens is 393 g/mol. The van der Waals surface area contributed by atoms with E-state index in [1.807, 2.05) is 65.4 Å². The van der Waals surface area contributed by atoms with Crippen molar-refractivity contribution >= 4 is 35.2 Å². The van der Waals surface area contributed by atoms with E-state index in [0.29, 0.717) is 23.1 Å². The van der Waals surface area contributed by atoms with Crippen molar-refractivity contribution in [2.24, 2.45) is 0 Å². The summed E-state index contributed by atoms with van der Waals surface area (Å²) < 4.78 is 1.91. The highest BCUT2D eigenvalue weighted by Gasteiger charge is 2.11. The van der Waals surface area contributed by atoms with E-state index >= 15 is 0 Å². The van der Waals surface area contributed by atoms with Gasteiger partial charge in [0.2, 0.25) is 0 Å². The van der Waals surface area contributed by atoms with Crippen LogP contribution in [0.5, 0.6) is 0 Å². The molecule has 0 atom stereocenters. The van der Waals surface area contributed by atoms with Gasteiger partial charge in [0, 0.05) is 35.0 Å². The van der Waals surface area contributed by atoms with Crippen LogP contribution in [0.15, 0.2) is 72.4 Å². The first-order chi connectivity index (χ1) is 13.6. The molecular formula is C22H17Cl2N3O. The van der Waals surface area contributed by atoms with Crippen LogP contribution in [-0.2, 0) is 17.9 Å². The zero-order valence-corrected chi connectivity index (χ0v) is 16.4. The molecule has 28 heavy (non-hydrogen) atoms. The fraction of sp³-hybridized carbons (Fsp3) is 0.0909. The molecule has 0 spiro atoms. The number of carbonyl (C=O) groups excluding carboxylic acids is 1. The number of nitriles is 1.